The minimum absolute atomic E-state index is 0.211. The second-order valence-corrected chi connectivity index (χ2v) is 7.07. The maximum absolute atomic E-state index is 13.3. The molecule has 1 aliphatic heterocycles. The first-order valence-electron chi connectivity index (χ1n) is 8.81. The van der Waals surface area contributed by atoms with E-state index in [1.165, 1.54) is 5.01 Å². The van der Waals surface area contributed by atoms with Gasteiger partial charge in [0.2, 0.25) is 0 Å². The van der Waals surface area contributed by atoms with E-state index in [1.807, 2.05) is 78.9 Å². The second-order valence-electron chi connectivity index (χ2n) is 6.21. The summed E-state index contributed by atoms with van der Waals surface area (Å²) in [6.07, 6.45) is 0. The smallest absolute Gasteiger partial charge is 0.350 e. The minimum Gasteiger partial charge on any atom is -0.496 e. The average molecular weight is 436 g/mol. The van der Waals surface area contributed by atoms with Crippen molar-refractivity contribution in [3.63, 3.8) is 0 Å². The van der Waals surface area contributed by atoms with Gasteiger partial charge in [0.25, 0.3) is 0 Å². The van der Waals surface area contributed by atoms with Gasteiger partial charge in [0.05, 0.1) is 25.1 Å². The van der Waals surface area contributed by atoms with E-state index >= 15 is 0 Å². The van der Waals surface area contributed by atoms with Crippen LogP contribution in [0.15, 0.2) is 88.4 Å². The van der Waals surface area contributed by atoms with Crippen LogP contribution in [0.1, 0.15) is 5.56 Å². The number of benzene rings is 3. The second kappa shape index (κ2) is 7.86. The molecular weight excluding hydrogens is 418 g/mol. The molecule has 0 saturated heterocycles. The summed E-state index contributed by atoms with van der Waals surface area (Å²) >= 11 is 3.53. The third-order valence-electron chi connectivity index (χ3n) is 4.51. The topological polar surface area (TPSA) is 45.1 Å². The van der Waals surface area contributed by atoms with Gasteiger partial charge >= 0.3 is 6.03 Å². The minimum atomic E-state index is -0.211. The number of hydrazone groups is 1. The van der Waals surface area contributed by atoms with Gasteiger partial charge in [0.1, 0.15) is 5.75 Å². The van der Waals surface area contributed by atoms with Gasteiger partial charge in [-0.2, -0.15) is 10.1 Å². The van der Waals surface area contributed by atoms with Crippen LogP contribution in [0, 0.1) is 0 Å². The normalized spacial score (nSPS) is 14.1. The quantitative estimate of drug-likeness (QED) is 0.557. The van der Waals surface area contributed by atoms with Gasteiger partial charge < -0.3 is 4.74 Å². The molecule has 0 aliphatic carbocycles. The van der Waals surface area contributed by atoms with Gasteiger partial charge in [0.15, 0.2) is 0 Å². The predicted molar refractivity (Wildman–Crippen MR) is 115 cm³/mol. The van der Waals surface area contributed by atoms with Gasteiger partial charge in [-0.15, -0.1) is 0 Å². The summed E-state index contributed by atoms with van der Waals surface area (Å²) in [7, 11) is 1.63. The molecule has 0 N–H and O–H groups in total. The molecule has 3 aromatic rings. The molecule has 0 fully saturated rings. The summed E-state index contributed by atoms with van der Waals surface area (Å²) in [5.41, 5.74) is 3.10. The van der Waals surface area contributed by atoms with Crippen LogP contribution in [0.4, 0.5) is 16.2 Å². The fourth-order valence-electron chi connectivity index (χ4n) is 3.14. The largest absolute Gasteiger partial charge is 0.496 e. The highest BCUT2D eigenvalue weighted by molar-refractivity contribution is 9.10. The molecular formula is C22H18BrN3O2. The lowest BCUT2D eigenvalue weighted by molar-refractivity contribution is 0.251. The highest BCUT2D eigenvalue weighted by atomic mass is 79.9. The number of rotatable bonds is 4. The number of anilines is 2. The van der Waals surface area contributed by atoms with Crippen LogP contribution in [0.5, 0.6) is 5.75 Å². The molecule has 28 heavy (non-hydrogen) atoms. The first-order chi connectivity index (χ1) is 13.7. The molecule has 1 aliphatic rings. The van der Waals surface area contributed by atoms with Gasteiger partial charge in [-0.3, -0.25) is 4.90 Å². The number of nitrogens with zero attached hydrogens (tertiary/aromatic N) is 3. The zero-order valence-corrected chi connectivity index (χ0v) is 16.8. The standard InChI is InChI=1S/C22H18BrN3O2/c1-28-21-14-8-5-11-17(21)19-15-25(16-9-3-2-4-10-16)22(27)26(24-19)20-13-7-6-12-18(20)23/h2-14H,15H2,1H3. The molecule has 140 valence electrons. The highest BCUT2D eigenvalue weighted by Crippen LogP contribution is 2.32. The zero-order valence-electron chi connectivity index (χ0n) is 15.2. The summed E-state index contributed by atoms with van der Waals surface area (Å²) in [6, 6.07) is 24.6. The number of hydrogen-bond donors (Lipinski definition) is 0. The van der Waals surface area contributed by atoms with Crippen LogP contribution < -0.4 is 14.6 Å². The number of halogens is 1. The van der Waals surface area contributed by atoms with Gasteiger partial charge in [-0.1, -0.05) is 42.5 Å². The van der Waals surface area contributed by atoms with Crippen molar-refractivity contribution in [3.8, 4) is 5.75 Å². The van der Waals surface area contributed by atoms with Crippen molar-refractivity contribution in [1.82, 2.24) is 0 Å². The molecule has 3 aromatic carbocycles. The maximum Gasteiger partial charge on any atom is 0.350 e. The Hall–Kier alpha value is -3.12. The third kappa shape index (κ3) is 3.39. The Bertz CT molecular complexity index is 1040. The number of amides is 2. The van der Waals surface area contributed by atoms with Crippen molar-refractivity contribution in [2.24, 2.45) is 5.10 Å². The van der Waals surface area contributed by atoms with Crippen LogP contribution in [0.3, 0.4) is 0 Å². The fraction of sp³-hybridized carbons (Fsp3) is 0.0909. The lowest BCUT2D eigenvalue weighted by Crippen LogP contribution is -2.49. The molecule has 0 unspecified atom stereocenters. The van der Waals surface area contributed by atoms with Gasteiger partial charge in [-0.05, 0) is 52.3 Å². The summed E-state index contributed by atoms with van der Waals surface area (Å²) < 4.78 is 6.31. The van der Waals surface area contributed by atoms with Gasteiger partial charge in [-0.25, -0.2) is 4.79 Å². The first-order valence-corrected chi connectivity index (χ1v) is 9.60. The van der Waals surface area contributed by atoms with E-state index in [2.05, 4.69) is 15.9 Å². The van der Waals surface area contributed by atoms with Crippen molar-refractivity contribution in [2.45, 2.75) is 0 Å². The molecule has 5 nitrogen and oxygen atoms in total. The molecule has 2 amide bonds. The molecule has 0 atom stereocenters. The van der Waals surface area contributed by atoms with Crippen molar-refractivity contribution in [1.29, 1.82) is 0 Å². The Labute approximate surface area is 172 Å². The molecule has 1 heterocycles. The molecule has 0 aromatic heterocycles. The predicted octanol–water partition coefficient (Wildman–Crippen LogP) is 5.31. The number of urea groups is 1. The monoisotopic (exact) mass is 435 g/mol. The molecule has 0 bridgehead atoms. The number of carbonyl (C=O) groups is 1. The highest BCUT2D eigenvalue weighted by Gasteiger charge is 2.32. The van der Waals surface area contributed by atoms with E-state index in [-0.39, 0.29) is 6.03 Å². The van der Waals surface area contributed by atoms with Crippen molar-refractivity contribution < 1.29 is 9.53 Å². The Morgan fingerprint density at radius 1 is 0.929 bits per heavy atom. The van der Waals surface area contributed by atoms with Gasteiger partial charge in [0, 0.05) is 15.7 Å². The maximum atomic E-state index is 13.3. The number of ether oxygens (including phenoxy) is 1. The number of hydrogen-bond acceptors (Lipinski definition) is 3. The average Bonchev–Trinajstić information content (AvgIpc) is 2.75. The van der Waals surface area contributed by atoms with Crippen LogP contribution >= 0.6 is 15.9 Å². The third-order valence-corrected chi connectivity index (χ3v) is 5.18. The SMILES string of the molecule is COc1ccccc1C1=NN(c2ccccc2Br)C(=O)N(c2ccccc2)C1. The van der Waals surface area contributed by atoms with E-state index in [4.69, 9.17) is 9.84 Å². The zero-order chi connectivity index (χ0) is 19.5. The Morgan fingerprint density at radius 2 is 1.61 bits per heavy atom. The molecule has 4 rings (SSSR count). The molecule has 0 spiro atoms. The van der Waals surface area contributed by atoms with E-state index in [0.717, 1.165) is 27.2 Å². The summed E-state index contributed by atoms with van der Waals surface area (Å²) in [5, 5.41) is 6.13. The van der Waals surface area contributed by atoms with Crippen molar-refractivity contribution in [3.05, 3.63) is 88.9 Å². The van der Waals surface area contributed by atoms with E-state index in [9.17, 15) is 4.79 Å². The number of methoxy groups -OCH3 is 1. The van der Waals surface area contributed by atoms with Crippen LogP contribution in [-0.2, 0) is 0 Å². The lowest BCUT2D eigenvalue weighted by atomic mass is 10.1. The van der Waals surface area contributed by atoms with E-state index < -0.39 is 0 Å². The Morgan fingerprint density at radius 3 is 2.36 bits per heavy atom. The molecule has 0 saturated carbocycles. The molecule has 0 radical (unpaired) electrons. The lowest BCUT2D eigenvalue weighted by Gasteiger charge is -2.33. The summed E-state index contributed by atoms with van der Waals surface area (Å²) in [6.45, 7) is 0.351. The van der Waals surface area contributed by atoms with Crippen LogP contribution in [0.25, 0.3) is 0 Å². The van der Waals surface area contributed by atoms with Crippen LogP contribution in [-0.4, -0.2) is 25.4 Å². The number of para-hydroxylation sites is 3. The Kier molecular flexibility index (Phi) is 5.12. The molecule has 6 heteroatoms. The number of carbonyl (C=O) groups excluding carboxylic acids is 1. The fourth-order valence-corrected chi connectivity index (χ4v) is 3.59. The van der Waals surface area contributed by atoms with Crippen molar-refractivity contribution in [2.75, 3.05) is 23.6 Å². The Balaban J connectivity index is 1.86. The van der Waals surface area contributed by atoms with Crippen molar-refractivity contribution >= 4 is 39.0 Å². The van der Waals surface area contributed by atoms with E-state index in [1.54, 1.807) is 12.0 Å². The summed E-state index contributed by atoms with van der Waals surface area (Å²) in [5.74, 6) is 0.718. The summed E-state index contributed by atoms with van der Waals surface area (Å²) in [4.78, 5) is 15.0. The first kappa shape index (κ1) is 18.3. The van der Waals surface area contributed by atoms with E-state index in [0.29, 0.717) is 12.2 Å². The van der Waals surface area contributed by atoms with Crippen LogP contribution in [0.2, 0.25) is 0 Å².